The second-order valence-electron chi connectivity index (χ2n) is 6.42. The first-order valence-electron chi connectivity index (χ1n) is 8.89. The normalized spacial score (nSPS) is 10.5. The molecular formula is C21H19FN2O6. The van der Waals surface area contributed by atoms with Gasteiger partial charge in [0.05, 0.1) is 12.8 Å². The number of hydrogen-bond acceptors (Lipinski definition) is 6. The van der Waals surface area contributed by atoms with Crippen molar-refractivity contribution in [3.05, 3.63) is 53.5 Å². The van der Waals surface area contributed by atoms with Gasteiger partial charge in [0.15, 0.2) is 6.61 Å². The second kappa shape index (κ2) is 8.64. The monoisotopic (exact) mass is 414 g/mol. The minimum absolute atomic E-state index is 0.103. The van der Waals surface area contributed by atoms with E-state index in [0.717, 1.165) is 0 Å². The SMILES string of the molecule is COc1ccc(NC(C)=O)cc1NC(=O)COC(=O)c1oc2ccc(F)cc2c1C. The van der Waals surface area contributed by atoms with Crippen molar-refractivity contribution >= 4 is 40.1 Å². The molecule has 1 aromatic heterocycles. The molecule has 0 unspecified atom stereocenters. The van der Waals surface area contributed by atoms with E-state index in [-0.39, 0.29) is 11.7 Å². The maximum Gasteiger partial charge on any atom is 0.375 e. The van der Waals surface area contributed by atoms with Gasteiger partial charge in [-0.05, 0) is 43.3 Å². The lowest BCUT2D eigenvalue weighted by Gasteiger charge is -2.12. The Hall–Kier alpha value is -3.88. The number of anilines is 2. The Morgan fingerprint density at radius 1 is 1.10 bits per heavy atom. The summed E-state index contributed by atoms with van der Waals surface area (Å²) in [5.74, 6) is -1.94. The van der Waals surface area contributed by atoms with Crippen LogP contribution in [0.4, 0.5) is 15.8 Å². The van der Waals surface area contributed by atoms with Crippen molar-refractivity contribution in [2.45, 2.75) is 13.8 Å². The molecule has 0 bridgehead atoms. The Bertz CT molecular complexity index is 1140. The molecule has 0 atom stereocenters. The highest BCUT2D eigenvalue weighted by molar-refractivity contribution is 5.99. The number of benzene rings is 2. The van der Waals surface area contributed by atoms with E-state index in [4.69, 9.17) is 13.9 Å². The molecule has 0 spiro atoms. The standard InChI is InChI=1S/C21H19FN2O6/c1-11-15-8-13(22)4-6-17(15)30-20(11)21(27)29-10-19(26)24-16-9-14(23-12(2)25)5-7-18(16)28-3/h4-9H,10H2,1-3H3,(H,23,25)(H,24,26). The minimum Gasteiger partial charge on any atom is -0.495 e. The van der Waals surface area contributed by atoms with Crippen LogP contribution in [0.5, 0.6) is 5.75 Å². The fraction of sp³-hybridized carbons (Fsp3) is 0.190. The molecule has 2 aromatic carbocycles. The lowest BCUT2D eigenvalue weighted by molar-refractivity contribution is -0.119. The highest BCUT2D eigenvalue weighted by Gasteiger charge is 2.21. The first-order chi connectivity index (χ1) is 14.3. The molecule has 156 valence electrons. The molecule has 0 aliphatic heterocycles. The largest absolute Gasteiger partial charge is 0.495 e. The van der Waals surface area contributed by atoms with E-state index in [9.17, 15) is 18.8 Å². The molecule has 1 heterocycles. The topological polar surface area (TPSA) is 107 Å². The van der Waals surface area contributed by atoms with E-state index in [0.29, 0.717) is 33.7 Å². The number of halogens is 1. The zero-order valence-corrected chi connectivity index (χ0v) is 16.5. The average Bonchev–Trinajstić information content (AvgIpc) is 3.02. The summed E-state index contributed by atoms with van der Waals surface area (Å²) in [5.41, 5.74) is 1.50. The molecule has 0 aliphatic carbocycles. The van der Waals surface area contributed by atoms with E-state index in [2.05, 4.69) is 10.6 Å². The molecule has 0 radical (unpaired) electrons. The Labute approximate surface area is 170 Å². The fourth-order valence-corrected chi connectivity index (χ4v) is 2.86. The lowest BCUT2D eigenvalue weighted by Crippen LogP contribution is -2.21. The van der Waals surface area contributed by atoms with Gasteiger partial charge in [-0.2, -0.15) is 0 Å². The molecule has 0 saturated carbocycles. The fourth-order valence-electron chi connectivity index (χ4n) is 2.86. The van der Waals surface area contributed by atoms with Crippen molar-refractivity contribution in [1.29, 1.82) is 0 Å². The molecule has 2 amide bonds. The molecule has 2 N–H and O–H groups in total. The molecule has 0 aliphatic rings. The quantitative estimate of drug-likeness (QED) is 0.597. The van der Waals surface area contributed by atoms with E-state index in [1.165, 1.54) is 38.3 Å². The number of methoxy groups -OCH3 is 1. The van der Waals surface area contributed by atoms with Crippen molar-refractivity contribution in [2.24, 2.45) is 0 Å². The summed E-state index contributed by atoms with van der Waals surface area (Å²) in [6.45, 7) is 2.37. The summed E-state index contributed by atoms with van der Waals surface area (Å²) in [6.07, 6.45) is 0. The third kappa shape index (κ3) is 4.57. The van der Waals surface area contributed by atoms with Crippen LogP contribution in [-0.2, 0) is 14.3 Å². The zero-order valence-electron chi connectivity index (χ0n) is 16.5. The molecular weight excluding hydrogens is 395 g/mol. The number of esters is 1. The lowest BCUT2D eigenvalue weighted by atomic mass is 10.1. The summed E-state index contributed by atoms with van der Waals surface area (Å²) in [4.78, 5) is 35.8. The Kier molecular flexibility index (Phi) is 6.01. The Morgan fingerprint density at radius 2 is 1.87 bits per heavy atom. The molecule has 0 saturated heterocycles. The van der Waals surface area contributed by atoms with Gasteiger partial charge in [0.2, 0.25) is 11.7 Å². The molecule has 3 aromatic rings. The van der Waals surface area contributed by atoms with Crippen LogP contribution in [0.2, 0.25) is 0 Å². The Balaban J connectivity index is 1.68. The van der Waals surface area contributed by atoms with Crippen LogP contribution in [0, 0.1) is 12.7 Å². The number of furan rings is 1. The minimum atomic E-state index is -0.849. The van der Waals surface area contributed by atoms with Crippen molar-refractivity contribution in [1.82, 2.24) is 0 Å². The Morgan fingerprint density at radius 3 is 2.57 bits per heavy atom. The molecule has 8 nitrogen and oxygen atoms in total. The van der Waals surface area contributed by atoms with Crippen LogP contribution in [0.1, 0.15) is 23.0 Å². The molecule has 0 fully saturated rings. The number of ether oxygens (including phenoxy) is 2. The van der Waals surface area contributed by atoms with Crippen LogP contribution in [0.25, 0.3) is 11.0 Å². The number of carbonyl (C=O) groups excluding carboxylic acids is 3. The van der Waals surface area contributed by atoms with Crippen LogP contribution < -0.4 is 15.4 Å². The van der Waals surface area contributed by atoms with Crippen LogP contribution in [0.3, 0.4) is 0 Å². The maximum absolute atomic E-state index is 13.4. The highest BCUT2D eigenvalue weighted by Crippen LogP contribution is 2.28. The number of amides is 2. The van der Waals surface area contributed by atoms with Gasteiger partial charge < -0.3 is 24.5 Å². The van der Waals surface area contributed by atoms with Crippen LogP contribution in [0.15, 0.2) is 40.8 Å². The average molecular weight is 414 g/mol. The summed E-state index contributed by atoms with van der Waals surface area (Å²) in [5, 5.41) is 5.60. The molecule has 30 heavy (non-hydrogen) atoms. The molecule has 3 rings (SSSR count). The number of fused-ring (bicyclic) bond motifs is 1. The number of carbonyl (C=O) groups is 3. The van der Waals surface area contributed by atoms with Gasteiger partial charge in [-0.1, -0.05) is 0 Å². The number of aryl methyl sites for hydroxylation is 1. The number of rotatable bonds is 6. The first kappa shape index (κ1) is 20.8. The van der Waals surface area contributed by atoms with E-state index < -0.39 is 24.3 Å². The summed E-state index contributed by atoms with van der Waals surface area (Å²) >= 11 is 0. The van der Waals surface area contributed by atoms with Crippen molar-refractivity contribution in [2.75, 3.05) is 24.4 Å². The third-order valence-corrected chi connectivity index (χ3v) is 4.21. The number of hydrogen-bond donors (Lipinski definition) is 2. The summed E-state index contributed by atoms with van der Waals surface area (Å²) in [7, 11) is 1.43. The third-order valence-electron chi connectivity index (χ3n) is 4.21. The van der Waals surface area contributed by atoms with Crippen molar-refractivity contribution in [3.63, 3.8) is 0 Å². The van der Waals surface area contributed by atoms with Gasteiger partial charge in [-0.25, -0.2) is 9.18 Å². The smallest absolute Gasteiger partial charge is 0.375 e. The van der Waals surface area contributed by atoms with E-state index in [1.807, 2.05) is 0 Å². The van der Waals surface area contributed by atoms with Gasteiger partial charge in [-0.15, -0.1) is 0 Å². The summed E-state index contributed by atoms with van der Waals surface area (Å²) < 4.78 is 29.0. The van der Waals surface area contributed by atoms with Crippen molar-refractivity contribution in [3.8, 4) is 5.75 Å². The highest BCUT2D eigenvalue weighted by atomic mass is 19.1. The predicted molar refractivity (Wildman–Crippen MR) is 107 cm³/mol. The van der Waals surface area contributed by atoms with Crippen LogP contribution in [-0.4, -0.2) is 31.5 Å². The first-order valence-corrected chi connectivity index (χ1v) is 8.89. The van der Waals surface area contributed by atoms with Gasteiger partial charge in [0, 0.05) is 23.6 Å². The van der Waals surface area contributed by atoms with Gasteiger partial charge in [-0.3, -0.25) is 9.59 Å². The summed E-state index contributed by atoms with van der Waals surface area (Å²) in [6, 6.07) is 8.59. The van der Waals surface area contributed by atoms with Gasteiger partial charge in [0.25, 0.3) is 5.91 Å². The van der Waals surface area contributed by atoms with Gasteiger partial charge >= 0.3 is 5.97 Å². The van der Waals surface area contributed by atoms with Gasteiger partial charge in [0.1, 0.15) is 17.1 Å². The maximum atomic E-state index is 13.4. The number of nitrogens with one attached hydrogen (secondary N) is 2. The zero-order chi connectivity index (χ0) is 21.8. The van der Waals surface area contributed by atoms with Crippen molar-refractivity contribution < 1.29 is 32.7 Å². The molecule has 9 heteroatoms. The van der Waals surface area contributed by atoms with E-state index >= 15 is 0 Å². The van der Waals surface area contributed by atoms with Crippen LogP contribution >= 0.6 is 0 Å². The van der Waals surface area contributed by atoms with E-state index in [1.54, 1.807) is 19.1 Å². The predicted octanol–water partition coefficient (Wildman–Crippen LogP) is 3.64. The second-order valence-corrected chi connectivity index (χ2v) is 6.42.